The first kappa shape index (κ1) is 18.9. The lowest BCUT2D eigenvalue weighted by molar-refractivity contribution is 0.159. The second-order valence-corrected chi connectivity index (χ2v) is 7.31. The molecule has 6 heteroatoms. The lowest BCUT2D eigenvalue weighted by atomic mass is 9.99. The van der Waals surface area contributed by atoms with Gasteiger partial charge >= 0.3 is 0 Å². The fourth-order valence-corrected chi connectivity index (χ4v) is 3.43. The number of benzene rings is 2. The highest BCUT2D eigenvalue weighted by Gasteiger charge is 2.24. The Morgan fingerprint density at radius 3 is 2.24 bits per heavy atom. The van der Waals surface area contributed by atoms with E-state index in [0.29, 0.717) is 45.1 Å². The first-order valence-electron chi connectivity index (χ1n) is 9.15. The van der Waals surface area contributed by atoms with Gasteiger partial charge in [0.1, 0.15) is 28.9 Å². The summed E-state index contributed by atoms with van der Waals surface area (Å²) in [7, 11) is 4.62. The Kier molecular flexibility index (Phi) is 4.49. The average molecular weight is 394 g/mol. The van der Waals surface area contributed by atoms with Gasteiger partial charge in [-0.2, -0.15) is 0 Å². The second kappa shape index (κ2) is 6.88. The number of ether oxygens (including phenoxy) is 4. The summed E-state index contributed by atoms with van der Waals surface area (Å²) in [5.74, 6) is 2.17. The largest absolute Gasteiger partial charge is 0.496 e. The van der Waals surface area contributed by atoms with Crippen molar-refractivity contribution >= 4 is 17.0 Å². The fourth-order valence-electron chi connectivity index (χ4n) is 3.43. The molecule has 0 aliphatic carbocycles. The van der Waals surface area contributed by atoms with Crippen LogP contribution in [0.3, 0.4) is 0 Å². The third kappa shape index (κ3) is 3.20. The van der Waals surface area contributed by atoms with Crippen LogP contribution in [-0.4, -0.2) is 26.9 Å². The van der Waals surface area contributed by atoms with Crippen LogP contribution in [-0.2, 0) is 0 Å². The van der Waals surface area contributed by atoms with Gasteiger partial charge in [0.25, 0.3) is 0 Å². The van der Waals surface area contributed by atoms with E-state index < -0.39 is 5.60 Å². The molecule has 0 amide bonds. The van der Waals surface area contributed by atoms with Gasteiger partial charge in [-0.1, -0.05) is 6.08 Å². The van der Waals surface area contributed by atoms with Crippen LogP contribution < -0.4 is 24.4 Å². The van der Waals surface area contributed by atoms with E-state index in [1.54, 1.807) is 31.4 Å². The monoisotopic (exact) mass is 394 g/mol. The molecule has 1 aromatic heterocycles. The van der Waals surface area contributed by atoms with E-state index in [0.717, 1.165) is 5.56 Å². The van der Waals surface area contributed by atoms with Crippen molar-refractivity contribution in [3.8, 4) is 34.1 Å². The number of hydrogen-bond donors (Lipinski definition) is 0. The molecular weight excluding hydrogens is 372 g/mol. The maximum atomic E-state index is 13.3. The zero-order valence-corrected chi connectivity index (χ0v) is 17.0. The SMILES string of the molecule is COc1cc(OC)c(-c2coc3cc4c(cc3c2=O)C=CC(C)(C)O4)cc1OC. The fraction of sp³-hybridized carbons (Fsp3) is 0.261. The minimum atomic E-state index is -0.409. The van der Waals surface area contributed by atoms with E-state index in [2.05, 4.69) is 0 Å². The van der Waals surface area contributed by atoms with Crippen molar-refractivity contribution in [2.75, 3.05) is 21.3 Å². The summed E-state index contributed by atoms with van der Waals surface area (Å²) in [6, 6.07) is 6.94. The summed E-state index contributed by atoms with van der Waals surface area (Å²) >= 11 is 0. The molecule has 3 aromatic rings. The molecule has 0 radical (unpaired) electrons. The van der Waals surface area contributed by atoms with Crippen LogP contribution in [0.5, 0.6) is 23.0 Å². The maximum Gasteiger partial charge on any atom is 0.200 e. The van der Waals surface area contributed by atoms with Crippen molar-refractivity contribution in [2.24, 2.45) is 0 Å². The molecule has 0 N–H and O–H groups in total. The third-order valence-corrected chi connectivity index (χ3v) is 4.94. The Labute approximate surface area is 168 Å². The van der Waals surface area contributed by atoms with Crippen LogP contribution in [0.25, 0.3) is 28.2 Å². The number of fused-ring (bicyclic) bond motifs is 2. The van der Waals surface area contributed by atoms with Crippen LogP contribution in [0.4, 0.5) is 0 Å². The lowest BCUT2D eigenvalue weighted by Gasteiger charge is -2.27. The van der Waals surface area contributed by atoms with Crippen molar-refractivity contribution in [1.29, 1.82) is 0 Å². The smallest absolute Gasteiger partial charge is 0.200 e. The molecule has 1 aliphatic rings. The van der Waals surface area contributed by atoms with E-state index >= 15 is 0 Å². The zero-order chi connectivity index (χ0) is 20.8. The molecule has 4 rings (SSSR count). The molecule has 0 bridgehead atoms. The molecule has 0 fully saturated rings. The minimum Gasteiger partial charge on any atom is -0.496 e. The number of hydrogen-bond acceptors (Lipinski definition) is 6. The molecule has 0 atom stereocenters. The predicted octanol–water partition coefficient (Wildman–Crippen LogP) is 4.67. The van der Waals surface area contributed by atoms with Crippen LogP contribution in [0.15, 0.2) is 45.8 Å². The first-order chi connectivity index (χ1) is 13.9. The molecule has 2 aromatic carbocycles. The number of rotatable bonds is 4. The van der Waals surface area contributed by atoms with Crippen molar-refractivity contribution in [2.45, 2.75) is 19.4 Å². The minimum absolute atomic E-state index is 0.169. The summed E-state index contributed by atoms with van der Waals surface area (Å²) in [5.41, 5.74) is 1.65. The van der Waals surface area contributed by atoms with Crippen LogP contribution in [0, 0.1) is 0 Å². The van der Waals surface area contributed by atoms with Crippen molar-refractivity contribution in [3.63, 3.8) is 0 Å². The van der Waals surface area contributed by atoms with Gasteiger partial charge in [-0.25, -0.2) is 0 Å². The van der Waals surface area contributed by atoms with E-state index in [1.807, 2.05) is 26.0 Å². The summed E-state index contributed by atoms with van der Waals surface area (Å²) in [4.78, 5) is 13.3. The molecule has 1 aliphatic heterocycles. The lowest BCUT2D eigenvalue weighted by Crippen LogP contribution is -2.27. The molecule has 0 saturated heterocycles. The third-order valence-electron chi connectivity index (χ3n) is 4.94. The standard InChI is InChI=1S/C23H22O6/c1-23(2)7-6-13-8-15-19(10-17(13)29-23)28-12-16(22(15)24)14-9-20(26-4)21(27-5)11-18(14)25-3/h6-12H,1-5H3. The topological polar surface area (TPSA) is 67.1 Å². The molecule has 2 heterocycles. The van der Waals surface area contributed by atoms with Gasteiger partial charge in [-0.3, -0.25) is 4.79 Å². The van der Waals surface area contributed by atoms with Gasteiger partial charge in [0.2, 0.25) is 5.43 Å². The molecule has 150 valence electrons. The summed E-state index contributed by atoms with van der Waals surface area (Å²) < 4.78 is 28.0. The van der Waals surface area contributed by atoms with Crippen LogP contribution >= 0.6 is 0 Å². The molecule has 0 unspecified atom stereocenters. The van der Waals surface area contributed by atoms with E-state index in [-0.39, 0.29) is 5.43 Å². The maximum absolute atomic E-state index is 13.3. The van der Waals surface area contributed by atoms with Crippen molar-refractivity contribution in [1.82, 2.24) is 0 Å². The van der Waals surface area contributed by atoms with Gasteiger partial charge < -0.3 is 23.4 Å². The van der Waals surface area contributed by atoms with Crippen LogP contribution in [0.2, 0.25) is 0 Å². The Morgan fingerprint density at radius 2 is 1.55 bits per heavy atom. The molecular formula is C23H22O6. The van der Waals surface area contributed by atoms with Crippen molar-refractivity contribution < 1.29 is 23.4 Å². The molecule has 0 saturated carbocycles. The van der Waals surface area contributed by atoms with Crippen LogP contribution in [0.1, 0.15) is 19.4 Å². The summed E-state index contributed by atoms with van der Waals surface area (Å²) in [6.07, 6.45) is 5.36. The zero-order valence-electron chi connectivity index (χ0n) is 17.0. The Bertz CT molecular complexity index is 1190. The predicted molar refractivity (Wildman–Crippen MR) is 111 cm³/mol. The Balaban J connectivity index is 1.93. The Hall–Kier alpha value is -3.41. The normalized spacial score (nSPS) is 14.2. The van der Waals surface area contributed by atoms with E-state index in [9.17, 15) is 4.79 Å². The average Bonchev–Trinajstić information content (AvgIpc) is 2.71. The van der Waals surface area contributed by atoms with Gasteiger partial charge in [0.15, 0.2) is 11.5 Å². The van der Waals surface area contributed by atoms with Gasteiger partial charge in [0.05, 0.1) is 32.3 Å². The molecule has 29 heavy (non-hydrogen) atoms. The quantitative estimate of drug-likeness (QED) is 0.641. The van der Waals surface area contributed by atoms with E-state index in [1.165, 1.54) is 20.5 Å². The van der Waals surface area contributed by atoms with Gasteiger partial charge in [-0.05, 0) is 32.1 Å². The Morgan fingerprint density at radius 1 is 0.862 bits per heavy atom. The number of methoxy groups -OCH3 is 3. The van der Waals surface area contributed by atoms with Crippen molar-refractivity contribution in [3.05, 3.63) is 52.4 Å². The summed E-state index contributed by atoms with van der Waals surface area (Å²) in [5, 5.41) is 0.464. The molecule has 6 nitrogen and oxygen atoms in total. The van der Waals surface area contributed by atoms with Gasteiger partial charge in [0, 0.05) is 23.3 Å². The van der Waals surface area contributed by atoms with E-state index in [4.69, 9.17) is 23.4 Å². The highest BCUT2D eigenvalue weighted by Crippen LogP contribution is 2.40. The highest BCUT2D eigenvalue weighted by atomic mass is 16.5. The molecule has 0 spiro atoms. The summed E-state index contributed by atoms with van der Waals surface area (Å²) in [6.45, 7) is 3.94. The first-order valence-corrected chi connectivity index (χ1v) is 9.15. The van der Waals surface area contributed by atoms with Gasteiger partial charge in [-0.15, -0.1) is 0 Å². The second-order valence-electron chi connectivity index (χ2n) is 7.31. The highest BCUT2D eigenvalue weighted by molar-refractivity contribution is 5.87.